The monoisotopic (exact) mass is 118 g/mol. The number of hydrogen-bond acceptors (Lipinski definition) is 3. The lowest BCUT2D eigenvalue weighted by Gasteiger charge is -2.19. The summed E-state index contributed by atoms with van der Waals surface area (Å²) in [7, 11) is 1.62. The van der Waals surface area contributed by atoms with E-state index in [2.05, 4.69) is 5.32 Å². The Hall–Kier alpha value is -0.120. The summed E-state index contributed by atoms with van der Waals surface area (Å²) in [5.74, 6) is 0. The normalized spacial score (nSPS) is 12.0. The van der Waals surface area contributed by atoms with Crippen LogP contribution in [0.3, 0.4) is 0 Å². The summed E-state index contributed by atoms with van der Waals surface area (Å²) in [6.07, 6.45) is 0. The summed E-state index contributed by atoms with van der Waals surface area (Å²) in [5.41, 5.74) is 5.21. The Morgan fingerprint density at radius 3 is 2.25 bits per heavy atom. The van der Waals surface area contributed by atoms with Crippen LogP contribution in [0.4, 0.5) is 0 Å². The van der Waals surface area contributed by atoms with E-state index in [1.54, 1.807) is 7.11 Å². The molecule has 0 aliphatic heterocycles. The Bertz CT molecular complexity index is 57.9. The molecule has 3 N–H and O–H groups in total. The Balaban J connectivity index is 3.11. The molecule has 0 spiro atoms. The number of hydrogen-bond donors (Lipinski definition) is 2. The zero-order chi connectivity index (χ0) is 6.62. The molecular weight excluding hydrogens is 104 g/mol. The predicted molar refractivity (Wildman–Crippen MR) is 33.3 cm³/mol. The van der Waals surface area contributed by atoms with Gasteiger partial charge in [-0.1, -0.05) is 0 Å². The molecule has 0 rings (SSSR count). The molecule has 0 amide bonds. The lowest BCUT2D eigenvalue weighted by molar-refractivity contribution is 0.146. The maximum atomic E-state index is 5.53. The molecule has 0 radical (unpaired) electrons. The first-order valence-corrected chi connectivity index (χ1v) is 2.59. The molecule has 0 aromatic heterocycles. The molecule has 3 heteroatoms. The van der Waals surface area contributed by atoms with Gasteiger partial charge in [0.05, 0.1) is 12.4 Å². The van der Waals surface area contributed by atoms with E-state index in [0.717, 1.165) is 0 Å². The number of nitrogens with one attached hydrogen (secondary N) is 1. The molecule has 50 valence electrons. The third kappa shape index (κ3) is 5.88. The molecule has 3 nitrogen and oxygen atoms in total. The fraction of sp³-hybridized carbons (Fsp3) is 1.00. The smallest absolute Gasteiger partial charge is 0.0975 e. The van der Waals surface area contributed by atoms with E-state index in [-0.39, 0.29) is 5.66 Å². The molecule has 0 saturated carbocycles. The minimum absolute atomic E-state index is 0.323. The van der Waals surface area contributed by atoms with Gasteiger partial charge in [-0.05, 0) is 13.8 Å². The van der Waals surface area contributed by atoms with Gasteiger partial charge >= 0.3 is 0 Å². The van der Waals surface area contributed by atoms with Crippen molar-refractivity contribution in [2.24, 2.45) is 5.73 Å². The third-order valence-electron chi connectivity index (χ3n) is 0.672. The van der Waals surface area contributed by atoms with Crippen LogP contribution in [0, 0.1) is 0 Å². The average molecular weight is 118 g/mol. The predicted octanol–water partition coefficient (Wildman–Crippen LogP) is -0.125. The molecule has 0 aromatic carbocycles. The number of ether oxygens (including phenoxy) is 1. The third-order valence-corrected chi connectivity index (χ3v) is 0.672. The second kappa shape index (κ2) is 3.02. The summed E-state index contributed by atoms with van der Waals surface area (Å²) in [5, 5.41) is 2.93. The highest BCUT2D eigenvalue weighted by Gasteiger charge is 2.06. The van der Waals surface area contributed by atoms with Gasteiger partial charge in [-0.3, -0.25) is 5.32 Å². The van der Waals surface area contributed by atoms with Crippen molar-refractivity contribution in [1.82, 2.24) is 5.32 Å². The maximum Gasteiger partial charge on any atom is 0.0975 e. The van der Waals surface area contributed by atoms with Crippen molar-refractivity contribution < 1.29 is 4.74 Å². The Morgan fingerprint density at radius 2 is 2.12 bits per heavy atom. The Labute approximate surface area is 50.2 Å². The average Bonchev–Trinajstić information content (AvgIpc) is 1.59. The van der Waals surface area contributed by atoms with Crippen LogP contribution < -0.4 is 11.1 Å². The lowest BCUT2D eigenvalue weighted by Crippen LogP contribution is -2.48. The second-order valence-corrected chi connectivity index (χ2v) is 2.33. The fourth-order valence-corrected chi connectivity index (χ4v) is 0.258. The first kappa shape index (κ1) is 7.88. The lowest BCUT2D eigenvalue weighted by atomic mass is 10.3. The van der Waals surface area contributed by atoms with Gasteiger partial charge in [-0.2, -0.15) is 0 Å². The molecule has 0 bridgehead atoms. The van der Waals surface area contributed by atoms with Gasteiger partial charge in [-0.15, -0.1) is 0 Å². The van der Waals surface area contributed by atoms with Crippen LogP contribution in [0.25, 0.3) is 0 Å². The number of nitrogens with two attached hydrogens (primary N) is 1. The molecule has 0 unspecified atom stereocenters. The van der Waals surface area contributed by atoms with Gasteiger partial charge in [0.2, 0.25) is 0 Å². The zero-order valence-electron chi connectivity index (χ0n) is 5.69. The van der Waals surface area contributed by atoms with Gasteiger partial charge < -0.3 is 10.5 Å². The van der Waals surface area contributed by atoms with E-state index in [4.69, 9.17) is 10.5 Å². The van der Waals surface area contributed by atoms with Crippen molar-refractivity contribution in [3.63, 3.8) is 0 Å². The fourth-order valence-electron chi connectivity index (χ4n) is 0.258. The van der Waals surface area contributed by atoms with Crippen LogP contribution in [-0.4, -0.2) is 19.5 Å². The largest absolute Gasteiger partial charge is 0.369 e. The van der Waals surface area contributed by atoms with E-state index in [0.29, 0.717) is 6.73 Å². The van der Waals surface area contributed by atoms with E-state index < -0.39 is 0 Å². The first-order chi connectivity index (χ1) is 3.56. The second-order valence-electron chi connectivity index (χ2n) is 2.33. The molecule has 0 fully saturated rings. The summed E-state index contributed by atoms with van der Waals surface area (Å²) in [6, 6.07) is 0. The van der Waals surface area contributed by atoms with E-state index in [9.17, 15) is 0 Å². The highest BCUT2D eigenvalue weighted by atomic mass is 16.5. The summed E-state index contributed by atoms with van der Waals surface area (Å²) in [6.45, 7) is 4.27. The molecule has 0 atom stereocenters. The standard InChI is InChI=1S/C5H14N2O/c1-5(2,6)7-4-8-3/h7H,4,6H2,1-3H3. The van der Waals surface area contributed by atoms with Crippen LogP contribution >= 0.6 is 0 Å². The van der Waals surface area contributed by atoms with Crippen molar-refractivity contribution in [2.45, 2.75) is 19.5 Å². The molecule has 0 saturated heterocycles. The first-order valence-electron chi connectivity index (χ1n) is 2.59. The zero-order valence-corrected chi connectivity index (χ0v) is 5.69. The van der Waals surface area contributed by atoms with Crippen LogP contribution in [-0.2, 0) is 4.74 Å². The van der Waals surface area contributed by atoms with Crippen molar-refractivity contribution in [2.75, 3.05) is 13.8 Å². The van der Waals surface area contributed by atoms with Gasteiger partial charge in [0.25, 0.3) is 0 Å². The van der Waals surface area contributed by atoms with Crippen LogP contribution in [0.5, 0.6) is 0 Å². The number of methoxy groups -OCH3 is 1. The molecule has 8 heavy (non-hydrogen) atoms. The van der Waals surface area contributed by atoms with Crippen molar-refractivity contribution in [3.05, 3.63) is 0 Å². The maximum absolute atomic E-state index is 5.53. The van der Waals surface area contributed by atoms with Crippen LogP contribution in [0.1, 0.15) is 13.8 Å². The Kier molecular flexibility index (Phi) is 2.97. The van der Waals surface area contributed by atoms with E-state index >= 15 is 0 Å². The molecular formula is C5H14N2O. The van der Waals surface area contributed by atoms with Gasteiger partial charge in [0.15, 0.2) is 0 Å². The summed E-state index contributed by atoms with van der Waals surface area (Å²) in [4.78, 5) is 0. The number of rotatable bonds is 3. The highest BCUT2D eigenvalue weighted by Crippen LogP contribution is 1.86. The molecule has 0 heterocycles. The minimum atomic E-state index is -0.323. The molecule has 0 aliphatic carbocycles. The van der Waals surface area contributed by atoms with Crippen molar-refractivity contribution in [1.29, 1.82) is 0 Å². The Morgan fingerprint density at radius 1 is 1.62 bits per heavy atom. The summed E-state index contributed by atoms with van der Waals surface area (Å²) < 4.78 is 4.73. The molecule has 0 aromatic rings. The quantitative estimate of drug-likeness (QED) is 0.508. The van der Waals surface area contributed by atoms with Crippen molar-refractivity contribution in [3.8, 4) is 0 Å². The SMILES string of the molecule is COCNC(C)(C)N. The van der Waals surface area contributed by atoms with Gasteiger partial charge in [-0.25, -0.2) is 0 Å². The topological polar surface area (TPSA) is 47.3 Å². The van der Waals surface area contributed by atoms with Crippen molar-refractivity contribution >= 4 is 0 Å². The van der Waals surface area contributed by atoms with Gasteiger partial charge in [0.1, 0.15) is 0 Å². The van der Waals surface area contributed by atoms with E-state index in [1.807, 2.05) is 13.8 Å². The van der Waals surface area contributed by atoms with Crippen LogP contribution in [0.15, 0.2) is 0 Å². The summed E-state index contributed by atoms with van der Waals surface area (Å²) >= 11 is 0. The van der Waals surface area contributed by atoms with Crippen LogP contribution in [0.2, 0.25) is 0 Å². The minimum Gasteiger partial charge on any atom is -0.369 e. The highest BCUT2D eigenvalue weighted by molar-refractivity contribution is 4.64. The van der Waals surface area contributed by atoms with Gasteiger partial charge in [0, 0.05) is 7.11 Å². The molecule has 0 aliphatic rings. The van der Waals surface area contributed by atoms with E-state index in [1.165, 1.54) is 0 Å².